The molecule has 182 valence electrons. The molecule has 2 saturated heterocycles. The molecule has 7 nitrogen and oxygen atoms in total. The van der Waals surface area contributed by atoms with Crippen LogP contribution in [-0.4, -0.2) is 73.4 Å². The largest absolute Gasteiger partial charge is 0.376 e. The van der Waals surface area contributed by atoms with Crippen molar-refractivity contribution in [1.29, 1.82) is 0 Å². The van der Waals surface area contributed by atoms with Crippen molar-refractivity contribution in [2.24, 2.45) is 0 Å². The molecule has 2 N–H and O–H groups in total. The van der Waals surface area contributed by atoms with Crippen LogP contribution in [0.3, 0.4) is 0 Å². The molecule has 3 fully saturated rings. The molecule has 1 aliphatic carbocycles. The van der Waals surface area contributed by atoms with Gasteiger partial charge in [-0.05, 0) is 50.5 Å². The lowest BCUT2D eigenvalue weighted by molar-refractivity contribution is -0.137. The van der Waals surface area contributed by atoms with Gasteiger partial charge in [0.05, 0.1) is 37.4 Å². The Balaban J connectivity index is 1.41. The highest BCUT2D eigenvalue weighted by Crippen LogP contribution is 2.38. The van der Waals surface area contributed by atoms with Gasteiger partial charge in [0.25, 0.3) is 6.43 Å². The van der Waals surface area contributed by atoms with Gasteiger partial charge >= 0.3 is 6.03 Å². The van der Waals surface area contributed by atoms with Crippen LogP contribution in [0.25, 0.3) is 0 Å². The summed E-state index contributed by atoms with van der Waals surface area (Å²) in [6.07, 6.45) is 1.79. The van der Waals surface area contributed by atoms with Crippen LogP contribution in [0.15, 0.2) is 30.3 Å². The lowest BCUT2D eigenvalue weighted by atomic mass is 9.82. The van der Waals surface area contributed by atoms with E-state index >= 15 is 0 Å². The Labute approximate surface area is 193 Å². The average molecular weight is 466 g/mol. The topological polar surface area (TPSA) is 79.9 Å². The fourth-order valence-corrected chi connectivity index (χ4v) is 5.65. The number of morpholine rings is 1. The van der Waals surface area contributed by atoms with Crippen LogP contribution in [0.2, 0.25) is 0 Å². The number of likely N-dealkylation sites (tertiary alicyclic amines) is 1. The van der Waals surface area contributed by atoms with E-state index in [1.165, 1.54) is 5.56 Å². The number of halogens is 2. The van der Waals surface area contributed by atoms with Gasteiger partial charge in [-0.15, -0.1) is 0 Å². The van der Waals surface area contributed by atoms with Crippen LogP contribution in [0.5, 0.6) is 0 Å². The monoisotopic (exact) mass is 465 g/mol. The molecule has 3 atom stereocenters. The maximum atomic E-state index is 12.8. The SMILES string of the molecule is C[C@@H]1C[C@@]2(COCC(=O)N2)[C@H](CO[C@H]2CC[C@@H](c3ccccc3)CC2)N1C(=O)NCC(F)F. The second-order valence-electron chi connectivity index (χ2n) is 9.47. The molecular weight excluding hydrogens is 432 g/mol. The van der Waals surface area contributed by atoms with Gasteiger partial charge < -0.3 is 25.0 Å². The number of ether oxygens (including phenoxy) is 2. The van der Waals surface area contributed by atoms with Crippen LogP contribution in [0.1, 0.15) is 50.5 Å². The van der Waals surface area contributed by atoms with Gasteiger partial charge in [0, 0.05) is 6.04 Å². The van der Waals surface area contributed by atoms with Crippen molar-refractivity contribution in [3.8, 4) is 0 Å². The number of nitrogens with zero attached hydrogens (tertiary/aromatic N) is 1. The lowest BCUT2D eigenvalue weighted by Gasteiger charge is -2.41. The summed E-state index contributed by atoms with van der Waals surface area (Å²) in [4.78, 5) is 26.5. The molecule has 33 heavy (non-hydrogen) atoms. The molecule has 3 amide bonds. The second-order valence-corrected chi connectivity index (χ2v) is 9.47. The summed E-state index contributed by atoms with van der Waals surface area (Å²) < 4.78 is 37.2. The number of urea groups is 1. The van der Waals surface area contributed by atoms with Crippen LogP contribution in [0, 0.1) is 0 Å². The van der Waals surface area contributed by atoms with Gasteiger partial charge in [-0.25, -0.2) is 13.6 Å². The van der Waals surface area contributed by atoms with Crippen molar-refractivity contribution in [1.82, 2.24) is 15.5 Å². The van der Waals surface area contributed by atoms with E-state index in [1.54, 1.807) is 4.90 Å². The molecule has 0 radical (unpaired) electrons. The van der Waals surface area contributed by atoms with Crippen molar-refractivity contribution in [3.63, 3.8) is 0 Å². The molecule has 1 saturated carbocycles. The highest BCUT2D eigenvalue weighted by atomic mass is 19.3. The number of hydrogen-bond donors (Lipinski definition) is 2. The van der Waals surface area contributed by atoms with E-state index in [0.29, 0.717) is 12.3 Å². The van der Waals surface area contributed by atoms with E-state index in [0.717, 1.165) is 25.7 Å². The van der Waals surface area contributed by atoms with Gasteiger partial charge in [-0.2, -0.15) is 0 Å². The van der Waals surface area contributed by atoms with Gasteiger partial charge in [-0.3, -0.25) is 4.79 Å². The van der Waals surface area contributed by atoms with E-state index < -0.39 is 30.6 Å². The fourth-order valence-electron chi connectivity index (χ4n) is 5.65. The van der Waals surface area contributed by atoms with E-state index in [2.05, 4.69) is 34.9 Å². The molecule has 0 unspecified atom stereocenters. The molecular formula is C24H33F2N3O4. The Hall–Kier alpha value is -2.26. The predicted molar refractivity (Wildman–Crippen MR) is 118 cm³/mol. The summed E-state index contributed by atoms with van der Waals surface area (Å²) in [5.74, 6) is 0.281. The van der Waals surface area contributed by atoms with Gasteiger partial charge in [-0.1, -0.05) is 30.3 Å². The normalized spacial score (nSPS) is 32.2. The third-order valence-electron chi connectivity index (χ3n) is 7.17. The number of nitrogens with one attached hydrogen (secondary N) is 2. The third-order valence-corrected chi connectivity index (χ3v) is 7.17. The summed E-state index contributed by atoms with van der Waals surface area (Å²) >= 11 is 0. The zero-order valence-electron chi connectivity index (χ0n) is 19.0. The Bertz CT molecular complexity index is 819. The van der Waals surface area contributed by atoms with E-state index in [-0.39, 0.29) is 37.9 Å². The smallest absolute Gasteiger partial charge is 0.318 e. The highest BCUT2D eigenvalue weighted by molar-refractivity contribution is 5.80. The molecule has 2 heterocycles. The highest BCUT2D eigenvalue weighted by Gasteiger charge is 2.55. The molecule has 1 aromatic rings. The second kappa shape index (κ2) is 10.3. The lowest BCUT2D eigenvalue weighted by Crippen LogP contribution is -2.65. The molecule has 4 rings (SSSR count). The third kappa shape index (κ3) is 5.46. The van der Waals surface area contributed by atoms with Crippen molar-refractivity contribution < 1.29 is 27.8 Å². The minimum absolute atomic E-state index is 0.0230. The van der Waals surface area contributed by atoms with Gasteiger partial charge in [0.2, 0.25) is 5.91 Å². The Morgan fingerprint density at radius 1 is 1.27 bits per heavy atom. The van der Waals surface area contributed by atoms with Crippen molar-refractivity contribution >= 4 is 11.9 Å². The number of carbonyl (C=O) groups excluding carboxylic acids is 2. The molecule has 1 aromatic carbocycles. The summed E-state index contributed by atoms with van der Waals surface area (Å²) in [6.45, 7) is 1.60. The molecule has 2 aliphatic heterocycles. The van der Waals surface area contributed by atoms with Crippen LogP contribution in [0.4, 0.5) is 13.6 Å². The molecule has 3 aliphatic rings. The first-order valence-corrected chi connectivity index (χ1v) is 11.8. The molecule has 0 bridgehead atoms. The van der Waals surface area contributed by atoms with E-state index in [4.69, 9.17) is 9.47 Å². The van der Waals surface area contributed by atoms with Crippen molar-refractivity contribution in [3.05, 3.63) is 35.9 Å². The summed E-state index contributed by atoms with van der Waals surface area (Å²) in [5, 5.41) is 5.33. The number of hydrogen-bond acceptors (Lipinski definition) is 4. The van der Waals surface area contributed by atoms with Crippen LogP contribution < -0.4 is 10.6 Å². The quantitative estimate of drug-likeness (QED) is 0.677. The van der Waals surface area contributed by atoms with Crippen molar-refractivity contribution in [2.45, 2.75) is 75.1 Å². The first-order chi connectivity index (χ1) is 15.9. The molecule has 1 spiro atoms. The van der Waals surface area contributed by atoms with Gasteiger partial charge in [0.1, 0.15) is 6.61 Å². The standard InChI is InChI=1S/C24H33F2N3O4/c1-16-11-24(15-32-14-22(30)28-24)20(29(16)23(31)27-12-21(25)26)13-33-19-9-7-18(8-10-19)17-5-3-2-4-6-17/h2-6,16,18-21H,7-15H2,1H3,(H,27,31)(H,28,30)/t16-,18-,19+,20+,24-/m1/s1. The number of carbonyl (C=O) groups is 2. The average Bonchev–Trinajstić information content (AvgIpc) is 3.06. The fraction of sp³-hybridized carbons (Fsp3) is 0.667. The summed E-state index contributed by atoms with van der Waals surface area (Å²) in [7, 11) is 0. The van der Waals surface area contributed by atoms with Crippen LogP contribution in [-0.2, 0) is 14.3 Å². The number of alkyl halides is 2. The molecule has 0 aromatic heterocycles. The Morgan fingerprint density at radius 3 is 2.67 bits per heavy atom. The Kier molecular flexibility index (Phi) is 7.48. The van der Waals surface area contributed by atoms with Crippen molar-refractivity contribution in [2.75, 3.05) is 26.4 Å². The molecule has 9 heteroatoms. The number of amides is 3. The summed E-state index contributed by atoms with van der Waals surface area (Å²) in [6, 6.07) is 9.15. The predicted octanol–water partition coefficient (Wildman–Crippen LogP) is 3.05. The Morgan fingerprint density at radius 2 is 2.00 bits per heavy atom. The summed E-state index contributed by atoms with van der Waals surface area (Å²) in [5.41, 5.74) is 0.571. The maximum Gasteiger partial charge on any atom is 0.318 e. The minimum atomic E-state index is -2.63. The minimum Gasteiger partial charge on any atom is -0.376 e. The van der Waals surface area contributed by atoms with E-state index in [1.807, 2.05) is 13.0 Å². The first kappa shape index (κ1) is 23.9. The van der Waals surface area contributed by atoms with Crippen LogP contribution >= 0.6 is 0 Å². The zero-order chi connectivity index (χ0) is 23.4. The number of benzene rings is 1. The van der Waals surface area contributed by atoms with E-state index in [9.17, 15) is 18.4 Å². The van der Waals surface area contributed by atoms with Gasteiger partial charge in [0.15, 0.2) is 0 Å². The zero-order valence-corrected chi connectivity index (χ0v) is 19.0. The number of rotatable bonds is 6. The maximum absolute atomic E-state index is 12.8. The first-order valence-electron chi connectivity index (χ1n) is 11.8.